The van der Waals surface area contributed by atoms with Gasteiger partial charge in [-0.2, -0.15) is 5.06 Å². The molecule has 0 aromatic heterocycles. The fraction of sp³-hybridized carbons (Fsp3) is 0.591. The Labute approximate surface area is 343 Å². The first kappa shape index (κ1) is 41.4. The van der Waals surface area contributed by atoms with E-state index in [9.17, 15) is 24.3 Å². The molecule has 7 atom stereocenters. The Hall–Kier alpha value is -4.38. The summed E-state index contributed by atoms with van der Waals surface area (Å²) in [6.45, 7) is 5.26. The molecule has 2 amide bonds. The third-order valence-corrected chi connectivity index (χ3v) is 12.1. The van der Waals surface area contributed by atoms with E-state index >= 15 is 0 Å². The van der Waals surface area contributed by atoms with Gasteiger partial charge in [-0.1, -0.05) is 36.4 Å². The molecular formula is C44H55N3O12. The van der Waals surface area contributed by atoms with Crippen molar-refractivity contribution >= 4 is 29.8 Å². The number of hydrogen-bond donors (Lipinski definition) is 4. The summed E-state index contributed by atoms with van der Waals surface area (Å²) in [6.07, 6.45) is 4.89. The van der Waals surface area contributed by atoms with Crippen LogP contribution in [0.4, 0.5) is 0 Å². The van der Waals surface area contributed by atoms with Gasteiger partial charge in [0, 0.05) is 36.8 Å². The zero-order valence-electron chi connectivity index (χ0n) is 33.8. The number of nitrogens with zero attached hydrogens (tertiary/aromatic N) is 1. The van der Waals surface area contributed by atoms with E-state index in [0.717, 1.165) is 36.8 Å². The monoisotopic (exact) mass is 817 g/mol. The topological polar surface area (TPSA) is 191 Å². The average Bonchev–Trinajstić information content (AvgIpc) is 4.16. The third kappa shape index (κ3) is 8.50. The molecule has 2 aromatic carbocycles. The van der Waals surface area contributed by atoms with Crippen molar-refractivity contribution in [3.8, 4) is 0 Å². The number of esters is 2. The Morgan fingerprint density at radius 2 is 1.73 bits per heavy atom. The van der Waals surface area contributed by atoms with Gasteiger partial charge in [0.15, 0.2) is 11.8 Å². The van der Waals surface area contributed by atoms with Crippen molar-refractivity contribution in [2.75, 3.05) is 19.8 Å². The molecule has 0 radical (unpaired) electrons. The average molecular weight is 818 g/mol. The molecule has 15 heteroatoms. The van der Waals surface area contributed by atoms with Crippen molar-refractivity contribution in [2.24, 2.45) is 17.3 Å². The predicted octanol–water partition coefficient (Wildman–Crippen LogP) is 3.30. The first-order valence-corrected chi connectivity index (χ1v) is 20.8. The van der Waals surface area contributed by atoms with E-state index < -0.39 is 71.1 Å². The molecule has 7 unspecified atom stereocenters. The highest BCUT2D eigenvalue weighted by molar-refractivity contribution is 5.95. The van der Waals surface area contributed by atoms with Crippen molar-refractivity contribution in [1.29, 1.82) is 0 Å². The largest absolute Gasteiger partial charge is 0.499 e. The molecule has 3 saturated heterocycles. The van der Waals surface area contributed by atoms with Crippen LogP contribution in [-0.4, -0.2) is 107 Å². The van der Waals surface area contributed by atoms with Gasteiger partial charge < -0.3 is 44.5 Å². The summed E-state index contributed by atoms with van der Waals surface area (Å²) in [6, 6.07) is 12.7. The molecule has 3 heterocycles. The summed E-state index contributed by atoms with van der Waals surface area (Å²) in [5, 5.41) is 26.4. The second kappa shape index (κ2) is 16.6. The number of amides is 2. The number of aliphatic hydroxyl groups excluding tert-OH is 2. The van der Waals surface area contributed by atoms with Crippen LogP contribution in [0.15, 0.2) is 54.8 Å². The Morgan fingerprint density at radius 1 is 1.00 bits per heavy atom. The first-order valence-electron chi connectivity index (χ1n) is 20.8. The summed E-state index contributed by atoms with van der Waals surface area (Å²) >= 11 is 0. The van der Waals surface area contributed by atoms with Crippen LogP contribution >= 0.6 is 0 Å². The van der Waals surface area contributed by atoms with Crippen LogP contribution in [0.1, 0.15) is 92.8 Å². The number of aliphatic hydroxyl groups is 2. The summed E-state index contributed by atoms with van der Waals surface area (Å²) in [5.74, 6) is -2.10. The fourth-order valence-electron chi connectivity index (χ4n) is 9.22. The SMILES string of the molecule is CC(C)(C)OC(=O)CCC(CO)NC(=O)c1cccc(CNC(=O)C23CC4OC(=O)C2N(Cc2cccc(C=COCCO)c2)OC3C2OC(C3CC3)(C3CC3)OC42)c1. The molecule has 3 aliphatic heterocycles. The summed E-state index contributed by atoms with van der Waals surface area (Å²) in [5.41, 5.74) is 0.600. The maximum Gasteiger partial charge on any atom is 0.327 e. The first-order chi connectivity index (χ1) is 28.3. The molecule has 3 aliphatic carbocycles. The van der Waals surface area contributed by atoms with Gasteiger partial charge in [0.25, 0.3) is 5.91 Å². The van der Waals surface area contributed by atoms with E-state index in [2.05, 4.69) is 10.6 Å². The molecule has 4 N–H and O–H groups in total. The summed E-state index contributed by atoms with van der Waals surface area (Å²) < 4.78 is 30.6. The molecule has 2 bridgehead atoms. The molecule has 8 rings (SSSR count). The van der Waals surface area contributed by atoms with Crippen LogP contribution in [0.5, 0.6) is 0 Å². The van der Waals surface area contributed by atoms with Gasteiger partial charge in [-0.3, -0.25) is 24.0 Å². The molecule has 0 spiro atoms. The number of hydrogen-bond acceptors (Lipinski definition) is 13. The number of hydroxylamine groups is 2. The Kier molecular flexibility index (Phi) is 11.6. The van der Waals surface area contributed by atoms with Gasteiger partial charge >= 0.3 is 11.9 Å². The quantitative estimate of drug-likeness (QED) is 0.103. The zero-order valence-corrected chi connectivity index (χ0v) is 33.8. The van der Waals surface area contributed by atoms with Gasteiger partial charge in [0.1, 0.15) is 42.0 Å². The van der Waals surface area contributed by atoms with Crippen molar-refractivity contribution in [2.45, 2.75) is 127 Å². The minimum absolute atomic E-state index is 0.0281. The smallest absolute Gasteiger partial charge is 0.327 e. The molecule has 3 saturated carbocycles. The molecular weight excluding hydrogens is 762 g/mol. The lowest BCUT2D eigenvalue weighted by molar-refractivity contribution is -0.235. The molecule has 2 aromatic rings. The minimum atomic E-state index is -1.37. The molecule has 6 fully saturated rings. The lowest BCUT2D eigenvalue weighted by atomic mass is 9.62. The van der Waals surface area contributed by atoms with Gasteiger partial charge in [0.2, 0.25) is 5.91 Å². The number of carbonyl (C=O) groups is 4. The van der Waals surface area contributed by atoms with Gasteiger partial charge in [-0.25, -0.2) is 0 Å². The standard InChI is InChI=1S/C44H55N3O12/c1-42(2,3)56-34(50)15-14-32(25-49)46-39(51)29-9-5-7-27(21-29)23-45-41(53)43-22-33-35-36(58-44(57-35,30-10-11-30)31-12-13-31)38(43)59-47(37(43)40(52)55-33)24-28-8-4-6-26(20-28)16-18-54-19-17-48/h4-9,16,18,20-21,30-33,35-38,48-49H,10-15,17,19,22-25H2,1-3H3,(H,45,53)(H,46,51). The second-order valence-electron chi connectivity index (χ2n) is 17.7. The Balaban J connectivity index is 1.01. The number of carbonyl (C=O) groups excluding carboxylic acids is 4. The molecule has 59 heavy (non-hydrogen) atoms. The van der Waals surface area contributed by atoms with Crippen LogP contribution in [-0.2, 0) is 56.0 Å². The number of rotatable bonds is 17. The maximum absolute atomic E-state index is 14.9. The van der Waals surface area contributed by atoms with E-state index in [4.69, 9.17) is 33.6 Å². The second-order valence-corrected chi connectivity index (χ2v) is 17.7. The Bertz CT molecular complexity index is 1930. The van der Waals surface area contributed by atoms with Crippen LogP contribution in [0.2, 0.25) is 0 Å². The Morgan fingerprint density at radius 3 is 2.44 bits per heavy atom. The van der Waals surface area contributed by atoms with Crippen molar-refractivity contribution in [1.82, 2.24) is 15.7 Å². The lowest BCUT2D eigenvalue weighted by Gasteiger charge is -2.48. The lowest BCUT2D eigenvalue weighted by Crippen LogP contribution is -2.69. The normalized spacial score (nSPS) is 28.8. The zero-order chi connectivity index (χ0) is 41.5. The van der Waals surface area contributed by atoms with Gasteiger partial charge in [-0.05, 0) is 87.8 Å². The summed E-state index contributed by atoms with van der Waals surface area (Å²) in [7, 11) is 0. The highest BCUT2D eigenvalue weighted by Gasteiger charge is 2.78. The minimum Gasteiger partial charge on any atom is -0.499 e. The number of benzene rings is 2. The maximum atomic E-state index is 14.9. The van der Waals surface area contributed by atoms with E-state index in [1.54, 1.807) is 56.2 Å². The van der Waals surface area contributed by atoms with E-state index in [-0.39, 0.29) is 69.9 Å². The third-order valence-electron chi connectivity index (χ3n) is 12.1. The number of ether oxygens (including phenoxy) is 5. The van der Waals surface area contributed by atoms with E-state index in [0.29, 0.717) is 11.1 Å². The highest BCUT2D eigenvalue weighted by atomic mass is 16.8. The number of nitrogens with one attached hydrogen (secondary N) is 2. The van der Waals surface area contributed by atoms with Crippen LogP contribution < -0.4 is 10.6 Å². The highest BCUT2D eigenvalue weighted by Crippen LogP contribution is 2.63. The number of fused-ring (bicyclic) bond motifs is 4. The summed E-state index contributed by atoms with van der Waals surface area (Å²) in [4.78, 5) is 61.4. The predicted molar refractivity (Wildman–Crippen MR) is 209 cm³/mol. The van der Waals surface area contributed by atoms with E-state index in [1.165, 1.54) is 6.26 Å². The van der Waals surface area contributed by atoms with E-state index in [1.807, 2.05) is 24.3 Å². The molecule has 6 aliphatic rings. The van der Waals surface area contributed by atoms with Gasteiger partial charge in [-0.15, -0.1) is 0 Å². The molecule has 318 valence electrons. The van der Waals surface area contributed by atoms with Crippen LogP contribution in [0.3, 0.4) is 0 Å². The van der Waals surface area contributed by atoms with Gasteiger partial charge in [0.05, 0.1) is 32.1 Å². The molecule has 15 nitrogen and oxygen atoms in total. The van der Waals surface area contributed by atoms with Crippen molar-refractivity contribution in [3.05, 3.63) is 77.0 Å². The van der Waals surface area contributed by atoms with Crippen molar-refractivity contribution in [3.63, 3.8) is 0 Å². The van der Waals surface area contributed by atoms with Crippen LogP contribution in [0, 0.1) is 17.3 Å². The van der Waals surface area contributed by atoms with Crippen molar-refractivity contribution < 1.29 is 57.9 Å². The van der Waals surface area contributed by atoms with Crippen LogP contribution in [0.25, 0.3) is 6.08 Å². The fourth-order valence-corrected chi connectivity index (χ4v) is 9.22.